The van der Waals surface area contributed by atoms with Crippen LogP contribution in [0.25, 0.3) is 0 Å². The second kappa shape index (κ2) is 3.09. The van der Waals surface area contributed by atoms with Crippen LogP contribution in [0, 0.1) is 5.92 Å². The molecular formula is C10H15F4N. The van der Waals surface area contributed by atoms with Gasteiger partial charge in [-0.05, 0) is 44.4 Å². The van der Waals surface area contributed by atoms with Crippen molar-refractivity contribution in [2.75, 3.05) is 0 Å². The SMILES string of the molecule is NC1(C2CCCC(F)(C(F)(F)F)C2)CC1. The lowest BCUT2D eigenvalue weighted by molar-refractivity contribution is -0.245. The average Bonchev–Trinajstić information content (AvgIpc) is 2.83. The molecule has 2 fully saturated rings. The highest BCUT2D eigenvalue weighted by atomic mass is 19.4. The summed E-state index contributed by atoms with van der Waals surface area (Å²) in [5, 5.41) is 0. The molecule has 2 N–H and O–H groups in total. The maximum atomic E-state index is 13.7. The van der Waals surface area contributed by atoms with E-state index in [0.717, 1.165) is 12.8 Å². The van der Waals surface area contributed by atoms with Crippen molar-refractivity contribution >= 4 is 0 Å². The molecule has 0 radical (unpaired) electrons. The van der Waals surface area contributed by atoms with Crippen molar-refractivity contribution in [1.29, 1.82) is 0 Å². The Balaban J connectivity index is 2.10. The van der Waals surface area contributed by atoms with E-state index in [2.05, 4.69) is 0 Å². The van der Waals surface area contributed by atoms with Crippen LogP contribution >= 0.6 is 0 Å². The van der Waals surface area contributed by atoms with Crippen molar-refractivity contribution < 1.29 is 17.6 Å². The quantitative estimate of drug-likeness (QED) is 0.682. The van der Waals surface area contributed by atoms with Crippen LogP contribution in [0.3, 0.4) is 0 Å². The van der Waals surface area contributed by atoms with Gasteiger partial charge in [-0.1, -0.05) is 0 Å². The Bertz CT molecular complexity index is 259. The van der Waals surface area contributed by atoms with Gasteiger partial charge in [0.05, 0.1) is 0 Å². The van der Waals surface area contributed by atoms with Crippen LogP contribution in [0.1, 0.15) is 38.5 Å². The van der Waals surface area contributed by atoms with E-state index in [1.807, 2.05) is 0 Å². The Morgan fingerprint density at radius 2 is 1.73 bits per heavy atom. The van der Waals surface area contributed by atoms with Gasteiger partial charge in [-0.15, -0.1) is 0 Å². The first-order chi connectivity index (χ1) is 6.77. The first-order valence-corrected chi connectivity index (χ1v) is 5.31. The van der Waals surface area contributed by atoms with E-state index in [1.54, 1.807) is 0 Å². The van der Waals surface area contributed by atoms with Crippen LogP contribution in [0.2, 0.25) is 0 Å². The van der Waals surface area contributed by atoms with E-state index in [1.165, 1.54) is 0 Å². The van der Waals surface area contributed by atoms with Crippen LogP contribution in [0.4, 0.5) is 17.6 Å². The Labute approximate surface area is 86.0 Å². The second-order valence-corrected chi connectivity index (χ2v) is 4.99. The first kappa shape index (κ1) is 11.2. The highest BCUT2D eigenvalue weighted by Gasteiger charge is 2.60. The van der Waals surface area contributed by atoms with Crippen LogP contribution in [0.15, 0.2) is 0 Å². The third-order valence-corrected chi connectivity index (χ3v) is 3.84. The minimum absolute atomic E-state index is 0.291. The van der Waals surface area contributed by atoms with Crippen molar-refractivity contribution in [1.82, 2.24) is 0 Å². The minimum Gasteiger partial charge on any atom is -0.325 e. The largest absolute Gasteiger partial charge is 0.422 e. The Hall–Kier alpha value is -0.320. The molecule has 2 rings (SSSR count). The number of halogens is 4. The summed E-state index contributed by atoms with van der Waals surface area (Å²) in [6.45, 7) is 0. The molecule has 0 aliphatic heterocycles. The molecule has 2 aliphatic rings. The molecule has 0 amide bonds. The van der Waals surface area contributed by atoms with Crippen molar-refractivity contribution in [3.8, 4) is 0 Å². The van der Waals surface area contributed by atoms with E-state index in [4.69, 9.17) is 5.73 Å². The fourth-order valence-corrected chi connectivity index (χ4v) is 2.52. The predicted molar refractivity (Wildman–Crippen MR) is 48.0 cm³/mol. The summed E-state index contributed by atoms with van der Waals surface area (Å²) in [6, 6.07) is 0. The van der Waals surface area contributed by atoms with Crippen LogP contribution in [0.5, 0.6) is 0 Å². The maximum absolute atomic E-state index is 13.7. The van der Waals surface area contributed by atoms with Gasteiger partial charge in [-0.25, -0.2) is 4.39 Å². The number of hydrogen-bond donors (Lipinski definition) is 1. The summed E-state index contributed by atoms with van der Waals surface area (Å²) in [7, 11) is 0. The zero-order valence-corrected chi connectivity index (χ0v) is 8.41. The maximum Gasteiger partial charge on any atom is 0.422 e. The summed E-state index contributed by atoms with van der Waals surface area (Å²) >= 11 is 0. The van der Waals surface area contributed by atoms with E-state index >= 15 is 0 Å². The number of hydrogen-bond acceptors (Lipinski definition) is 1. The molecule has 1 nitrogen and oxygen atoms in total. The van der Waals surface area contributed by atoms with Gasteiger partial charge in [0, 0.05) is 5.54 Å². The van der Waals surface area contributed by atoms with E-state index in [0.29, 0.717) is 12.8 Å². The lowest BCUT2D eigenvalue weighted by Crippen LogP contribution is -2.49. The van der Waals surface area contributed by atoms with Crippen molar-refractivity contribution in [2.24, 2.45) is 11.7 Å². The summed E-state index contributed by atoms with van der Waals surface area (Å²) in [5.41, 5.74) is 2.36. The van der Waals surface area contributed by atoms with Crippen LogP contribution in [-0.2, 0) is 0 Å². The molecule has 2 unspecified atom stereocenters. The van der Waals surface area contributed by atoms with Crippen LogP contribution in [-0.4, -0.2) is 17.4 Å². The smallest absolute Gasteiger partial charge is 0.325 e. The van der Waals surface area contributed by atoms with Crippen molar-refractivity contribution in [2.45, 2.75) is 55.9 Å². The molecule has 88 valence electrons. The minimum atomic E-state index is -4.74. The fraction of sp³-hybridized carbons (Fsp3) is 1.00. The zero-order chi connectivity index (χ0) is 11.3. The van der Waals surface area contributed by atoms with Gasteiger partial charge >= 0.3 is 6.18 Å². The molecule has 15 heavy (non-hydrogen) atoms. The molecule has 0 heterocycles. The molecule has 0 aromatic heterocycles. The summed E-state index contributed by atoms with van der Waals surface area (Å²) in [6.07, 6.45) is -3.16. The van der Waals surface area contributed by atoms with Gasteiger partial charge in [0.15, 0.2) is 0 Å². The van der Waals surface area contributed by atoms with Gasteiger partial charge in [0.25, 0.3) is 0 Å². The topological polar surface area (TPSA) is 26.0 Å². The molecule has 0 bridgehead atoms. The van der Waals surface area contributed by atoms with Gasteiger partial charge in [-0.2, -0.15) is 13.2 Å². The Morgan fingerprint density at radius 1 is 1.13 bits per heavy atom. The monoisotopic (exact) mass is 225 g/mol. The van der Waals surface area contributed by atoms with Crippen LogP contribution < -0.4 is 5.73 Å². The van der Waals surface area contributed by atoms with E-state index in [9.17, 15) is 17.6 Å². The standard InChI is InChI=1S/C10H15F4N/c11-9(10(12,13)14)3-1-2-7(6-9)8(15)4-5-8/h7H,1-6,15H2. The molecule has 0 spiro atoms. The Kier molecular flexibility index (Phi) is 2.30. The second-order valence-electron chi connectivity index (χ2n) is 4.99. The highest BCUT2D eigenvalue weighted by molar-refractivity contribution is 5.08. The van der Waals surface area contributed by atoms with Crippen molar-refractivity contribution in [3.05, 3.63) is 0 Å². The fourth-order valence-electron chi connectivity index (χ4n) is 2.52. The number of nitrogens with two attached hydrogens (primary N) is 1. The molecule has 5 heteroatoms. The summed E-state index contributed by atoms with van der Waals surface area (Å²) in [5.74, 6) is -0.294. The zero-order valence-electron chi connectivity index (χ0n) is 8.41. The first-order valence-electron chi connectivity index (χ1n) is 5.31. The third kappa shape index (κ3) is 1.86. The molecule has 0 saturated heterocycles. The van der Waals surface area contributed by atoms with Gasteiger partial charge in [0.1, 0.15) is 0 Å². The van der Waals surface area contributed by atoms with E-state index in [-0.39, 0.29) is 5.92 Å². The molecule has 2 aliphatic carbocycles. The normalized spacial score (nSPS) is 40.2. The summed E-state index contributed by atoms with van der Waals surface area (Å²) in [4.78, 5) is 0. The predicted octanol–water partition coefficient (Wildman–Crippen LogP) is 2.94. The summed E-state index contributed by atoms with van der Waals surface area (Å²) < 4.78 is 51.2. The lowest BCUT2D eigenvalue weighted by atomic mass is 9.74. The molecule has 2 atom stereocenters. The molecule has 0 aromatic rings. The number of rotatable bonds is 1. The molecular weight excluding hydrogens is 210 g/mol. The number of alkyl halides is 4. The highest BCUT2D eigenvalue weighted by Crippen LogP contribution is 2.53. The van der Waals surface area contributed by atoms with Gasteiger partial charge in [0.2, 0.25) is 5.67 Å². The Morgan fingerprint density at radius 3 is 2.20 bits per heavy atom. The molecule has 0 aromatic carbocycles. The molecule has 2 saturated carbocycles. The van der Waals surface area contributed by atoms with Gasteiger partial charge < -0.3 is 5.73 Å². The van der Waals surface area contributed by atoms with Crippen molar-refractivity contribution in [3.63, 3.8) is 0 Å². The average molecular weight is 225 g/mol. The third-order valence-electron chi connectivity index (χ3n) is 3.84. The van der Waals surface area contributed by atoms with E-state index < -0.39 is 30.2 Å². The van der Waals surface area contributed by atoms with Gasteiger partial charge in [-0.3, -0.25) is 0 Å². The lowest BCUT2D eigenvalue weighted by Gasteiger charge is -2.38.